The molecule has 0 saturated heterocycles. The van der Waals surface area contributed by atoms with Gasteiger partial charge in [-0.25, -0.2) is 13.1 Å². The van der Waals surface area contributed by atoms with Gasteiger partial charge in [0, 0.05) is 18.7 Å². The number of amides is 1. The Morgan fingerprint density at radius 1 is 1.21 bits per heavy atom. The quantitative estimate of drug-likeness (QED) is 0.426. The molecule has 19 heavy (non-hydrogen) atoms. The van der Waals surface area contributed by atoms with Crippen LogP contribution in [0.3, 0.4) is 0 Å². The number of carbonyl (C=O) groups is 1. The van der Waals surface area contributed by atoms with E-state index < -0.39 is 15.9 Å². The second-order valence-corrected chi connectivity index (χ2v) is 5.81. The average Bonchev–Trinajstić information content (AvgIpc) is 2.30. The summed E-state index contributed by atoms with van der Waals surface area (Å²) >= 11 is 0. The van der Waals surface area contributed by atoms with Gasteiger partial charge in [0.05, 0.1) is 6.26 Å². The third kappa shape index (κ3) is 5.58. The zero-order chi connectivity index (χ0) is 14.5. The molecule has 0 fully saturated rings. The van der Waals surface area contributed by atoms with E-state index in [-0.39, 0.29) is 23.6 Å². The van der Waals surface area contributed by atoms with Crippen LogP contribution in [0.5, 0.6) is 11.5 Å². The third-order valence-corrected chi connectivity index (χ3v) is 2.97. The van der Waals surface area contributed by atoms with Crippen molar-refractivity contribution < 1.29 is 23.4 Å². The van der Waals surface area contributed by atoms with Gasteiger partial charge in [-0.05, 0) is 24.6 Å². The predicted octanol–water partition coefficient (Wildman–Crippen LogP) is -0.233. The van der Waals surface area contributed by atoms with Crippen LogP contribution in [0.4, 0.5) is 0 Å². The lowest BCUT2D eigenvalue weighted by Crippen LogP contribution is -2.29. The average molecular weight is 288 g/mol. The first-order valence-corrected chi connectivity index (χ1v) is 7.43. The van der Waals surface area contributed by atoms with Crippen molar-refractivity contribution in [2.75, 3.05) is 19.3 Å². The van der Waals surface area contributed by atoms with Crippen molar-refractivity contribution in [2.45, 2.75) is 6.42 Å². The summed E-state index contributed by atoms with van der Waals surface area (Å²) in [6, 6.07) is 3.74. The minimum atomic E-state index is -3.21. The number of aromatic hydroxyl groups is 2. The van der Waals surface area contributed by atoms with Crippen molar-refractivity contribution >= 4 is 15.9 Å². The number of nitrogens with one attached hydrogen (secondary N) is 2. The predicted molar refractivity (Wildman–Crippen MR) is 69.6 cm³/mol. The van der Waals surface area contributed by atoms with Gasteiger partial charge in [0.25, 0.3) is 5.91 Å². The first-order valence-electron chi connectivity index (χ1n) is 5.54. The number of hydrogen-bond donors (Lipinski definition) is 4. The van der Waals surface area contributed by atoms with E-state index >= 15 is 0 Å². The molecule has 1 aromatic rings. The minimum Gasteiger partial charge on any atom is -0.504 e. The molecule has 0 atom stereocenters. The van der Waals surface area contributed by atoms with E-state index in [1.54, 1.807) is 0 Å². The molecule has 0 spiro atoms. The van der Waals surface area contributed by atoms with E-state index in [1.807, 2.05) is 0 Å². The van der Waals surface area contributed by atoms with Crippen molar-refractivity contribution in [3.63, 3.8) is 0 Å². The van der Waals surface area contributed by atoms with Gasteiger partial charge >= 0.3 is 0 Å². The Hall–Kier alpha value is -1.80. The minimum absolute atomic E-state index is 0.214. The SMILES string of the molecule is CS(=O)(=O)NCCCNC(=O)c1ccc(O)c(O)c1. The van der Waals surface area contributed by atoms with Crippen LogP contribution >= 0.6 is 0 Å². The number of sulfonamides is 1. The van der Waals surface area contributed by atoms with Crippen LogP contribution in [0, 0.1) is 0 Å². The summed E-state index contributed by atoms with van der Waals surface area (Å²) in [6.07, 6.45) is 1.51. The summed E-state index contributed by atoms with van der Waals surface area (Å²) in [6.45, 7) is 0.531. The van der Waals surface area contributed by atoms with E-state index in [0.29, 0.717) is 13.0 Å². The summed E-state index contributed by atoms with van der Waals surface area (Å²) in [4.78, 5) is 11.6. The van der Waals surface area contributed by atoms with Gasteiger partial charge in [-0.2, -0.15) is 0 Å². The van der Waals surface area contributed by atoms with Crippen molar-refractivity contribution in [3.8, 4) is 11.5 Å². The van der Waals surface area contributed by atoms with Gasteiger partial charge in [-0.15, -0.1) is 0 Å². The molecule has 0 aromatic heterocycles. The summed E-state index contributed by atoms with van der Waals surface area (Å²) in [5, 5.41) is 20.9. The molecule has 1 amide bonds. The molecule has 4 N–H and O–H groups in total. The van der Waals surface area contributed by atoms with Gasteiger partial charge < -0.3 is 15.5 Å². The van der Waals surface area contributed by atoms with Crippen LogP contribution < -0.4 is 10.0 Å². The largest absolute Gasteiger partial charge is 0.504 e. The maximum Gasteiger partial charge on any atom is 0.251 e. The Labute approximate surface area is 111 Å². The zero-order valence-corrected chi connectivity index (χ0v) is 11.2. The highest BCUT2D eigenvalue weighted by atomic mass is 32.2. The maximum atomic E-state index is 11.6. The van der Waals surface area contributed by atoms with Crippen molar-refractivity contribution in [3.05, 3.63) is 23.8 Å². The Balaban J connectivity index is 2.37. The van der Waals surface area contributed by atoms with Crippen LogP contribution in [0.1, 0.15) is 16.8 Å². The van der Waals surface area contributed by atoms with Gasteiger partial charge in [-0.3, -0.25) is 4.79 Å². The normalized spacial score (nSPS) is 11.2. The summed E-state index contributed by atoms with van der Waals surface area (Å²) in [7, 11) is -3.21. The molecule has 1 rings (SSSR count). The molecule has 7 nitrogen and oxygen atoms in total. The second kappa shape index (κ2) is 6.39. The van der Waals surface area contributed by atoms with Gasteiger partial charge in [0.15, 0.2) is 11.5 Å². The van der Waals surface area contributed by atoms with Crippen molar-refractivity contribution in [1.29, 1.82) is 0 Å². The van der Waals surface area contributed by atoms with Crippen LogP contribution in [0.15, 0.2) is 18.2 Å². The molecule has 106 valence electrons. The molecule has 0 aliphatic carbocycles. The Morgan fingerprint density at radius 2 is 1.89 bits per heavy atom. The van der Waals surface area contributed by atoms with E-state index in [4.69, 9.17) is 5.11 Å². The first kappa shape index (κ1) is 15.3. The molecule has 0 saturated carbocycles. The highest BCUT2D eigenvalue weighted by Gasteiger charge is 2.08. The van der Waals surface area contributed by atoms with Crippen LogP contribution in [-0.2, 0) is 10.0 Å². The number of phenolic OH excluding ortho intramolecular Hbond substituents is 2. The molecule has 0 aliphatic heterocycles. The number of rotatable bonds is 6. The smallest absolute Gasteiger partial charge is 0.251 e. The molecule has 0 radical (unpaired) electrons. The lowest BCUT2D eigenvalue weighted by atomic mass is 10.2. The standard InChI is InChI=1S/C11H16N2O5S/c1-19(17,18)13-6-2-5-12-11(16)8-3-4-9(14)10(15)7-8/h3-4,7,13-15H,2,5-6H2,1H3,(H,12,16). The number of benzene rings is 1. The van der Waals surface area contributed by atoms with E-state index in [1.165, 1.54) is 12.1 Å². The maximum absolute atomic E-state index is 11.6. The number of carbonyl (C=O) groups excluding carboxylic acids is 1. The molecule has 0 unspecified atom stereocenters. The van der Waals surface area contributed by atoms with Crippen LogP contribution in [0.2, 0.25) is 0 Å². The number of phenols is 2. The zero-order valence-electron chi connectivity index (χ0n) is 10.4. The monoisotopic (exact) mass is 288 g/mol. The second-order valence-electron chi connectivity index (χ2n) is 3.98. The summed E-state index contributed by atoms with van der Waals surface area (Å²) in [5.74, 6) is -1.07. The lowest BCUT2D eigenvalue weighted by Gasteiger charge is -2.06. The van der Waals surface area contributed by atoms with Crippen molar-refractivity contribution in [1.82, 2.24) is 10.0 Å². The molecule has 0 bridgehead atoms. The molecular weight excluding hydrogens is 272 g/mol. The molecule has 8 heteroatoms. The lowest BCUT2D eigenvalue weighted by molar-refractivity contribution is 0.0953. The topological polar surface area (TPSA) is 116 Å². The highest BCUT2D eigenvalue weighted by Crippen LogP contribution is 2.24. The van der Waals surface area contributed by atoms with E-state index in [9.17, 15) is 18.3 Å². The number of hydrogen-bond acceptors (Lipinski definition) is 5. The van der Waals surface area contributed by atoms with E-state index in [0.717, 1.165) is 12.3 Å². The van der Waals surface area contributed by atoms with Gasteiger partial charge in [0.1, 0.15) is 0 Å². The summed E-state index contributed by atoms with van der Waals surface area (Å²) < 4.78 is 23.8. The fourth-order valence-corrected chi connectivity index (χ4v) is 1.83. The highest BCUT2D eigenvalue weighted by molar-refractivity contribution is 7.88. The summed E-state index contributed by atoms with van der Waals surface area (Å²) in [5.41, 5.74) is 0.214. The van der Waals surface area contributed by atoms with Crippen LogP contribution in [-0.4, -0.2) is 43.9 Å². The van der Waals surface area contributed by atoms with Gasteiger partial charge in [0.2, 0.25) is 10.0 Å². The third-order valence-electron chi connectivity index (χ3n) is 2.24. The fourth-order valence-electron chi connectivity index (χ4n) is 1.31. The molecular formula is C11H16N2O5S. The van der Waals surface area contributed by atoms with Crippen LogP contribution in [0.25, 0.3) is 0 Å². The fraction of sp³-hybridized carbons (Fsp3) is 0.364. The van der Waals surface area contributed by atoms with Gasteiger partial charge in [-0.1, -0.05) is 0 Å². The Bertz CT molecular complexity index is 556. The Morgan fingerprint density at radius 3 is 2.47 bits per heavy atom. The van der Waals surface area contributed by atoms with Crippen molar-refractivity contribution in [2.24, 2.45) is 0 Å². The first-order chi connectivity index (χ1) is 8.79. The van der Waals surface area contributed by atoms with E-state index in [2.05, 4.69) is 10.0 Å². The molecule has 1 aromatic carbocycles. The molecule has 0 heterocycles. The Kier molecular flexibility index (Phi) is 5.13. The molecule has 0 aliphatic rings.